The van der Waals surface area contributed by atoms with E-state index < -0.39 is 0 Å². The van der Waals surface area contributed by atoms with Crippen LogP contribution < -0.4 is 0 Å². The summed E-state index contributed by atoms with van der Waals surface area (Å²) in [6.07, 6.45) is 0. The van der Waals surface area contributed by atoms with Crippen LogP contribution in [0.3, 0.4) is 0 Å². The van der Waals surface area contributed by atoms with Crippen LogP contribution in [0.2, 0.25) is 0 Å². The highest BCUT2D eigenvalue weighted by atomic mass is 32.1. The minimum absolute atomic E-state index is 1.15. The van der Waals surface area contributed by atoms with Gasteiger partial charge < -0.3 is 9.13 Å². The third kappa shape index (κ3) is 5.03. The second kappa shape index (κ2) is 12.7. The topological polar surface area (TPSA) is 9.86 Å². The predicted octanol–water partition coefficient (Wildman–Crippen LogP) is 15.2. The standard InChI is InChI=1S/C54H34N2S/c1-2-12-35(13-3-1)39-32-40(34-42(33-39)55-48-18-8-4-14-43(48)44-15-5-9-19-49(44)55)38-24-22-36(23-25-38)37-26-28-41(29-27-37)56-50-20-10-6-16-45(50)46-30-31-52-53(54(46)56)47-17-7-11-21-51(47)57-52/h1-34H. The second-order valence-corrected chi connectivity index (χ2v) is 16.0. The zero-order valence-electron chi connectivity index (χ0n) is 30.9. The molecule has 57 heavy (non-hydrogen) atoms. The number of nitrogens with zero attached hydrogens (tertiary/aromatic N) is 2. The van der Waals surface area contributed by atoms with Crippen molar-refractivity contribution in [1.82, 2.24) is 9.13 Å². The van der Waals surface area contributed by atoms with E-state index in [1.165, 1.54) is 103 Å². The Morgan fingerprint density at radius 3 is 1.39 bits per heavy atom. The van der Waals surface area contributed by atoms with E-state index in [0.717, 1.165) is 5.69 Å². The average Bonchev–Trinajstić information content (AvgIpc) is 3.94. The molecule has 0 aliphatic heterocycles. The summed E-state index contributed by atoms with van der Waals surface area (Å²) in [5.74, 6) is 0. The Balaban J connectivity index is 0.958. The van der Waals surface area contributed by atoms with E-state index in [4.69, 9.17) is 0 Å². The average molecular weight is 743 g/mol. The second-order valence-electron chi connectivity index (χ2n) is 14.9. The van der Waals surface area contributed by atoms with E-state index in [1.54, 1.807) is 0 Å². The van der Waals surface area contributed by atoms with Crippen LogP contribution >= 0.6 is 11.3 Å². The molecule has 12 rings (SSSR count). The summed E-state index contributed by atoms with van der Waals surface area (Å²) >= 11 is 1.88. The minimum atomic E-state index is 1.15. The van der Waals surface area contributed by atoms with Gasteiger partial charge >= 0.3 is 0 Å². The van der Waals surface area contributed by atoms with Crippen molar-refractivity contribution in [3.8, 4) is 44.8 Å². The lowest BCUT2D eigenvalue weighted by atomic mass is 9.96. The van der Waals surface area contributed by atoms with Gasteiger partial charge in [0.15, 0.2) is 0 Å². The van der Waals surface area contributed by atoms with Gasteiger partial charge in [-0.1, -0.05) is 146 Å². The van der Waals surface area contributed by atoms with Gasteiger partial charge in [-0.15, -0.1) is 11.3 Å². The summed E-state index contributed by atoms with van der Waals surface area (Å²) in [5, 5.41) is 7.76. The molecule has 12 aromatic rings. The molecule has 0 spiro atoms. The molecule has 266 valence electrons. The molecule has 3 heterocycles. The largest absolute Gasteiger partial charge is 0.309 e. The highest BCUT2D eigenvalue weighted by Gasteiger charge is 2.18. The van der Waals surface area contributed by atoms with Crippen molar-refractivity contribution in [3.63, 3.8) is 0 Å². The molecule has 2 nitrogen and oxygen atoms in total. The zero-order valence-corrected chi connectivity index (χ0v) is 31.7. The van der Waals surface area contributed by atoms with Gasteiger partial charge in [0.05, 0.1) is 22.1 Å². The van der Waals surface area contributed by atoms with E-state index in [1.807, 2.05) is 11.3 Å². The van der Waals surface area contributed by atoms with Crippen LogP contribution in [-0.2, 0) is 0 Å². The number of rotatable bonds is 5. The highest BCUT2D eigenvalue weighted by Crippen LogP contribution is 2.43. The summed E-state index contributed by atoms with van der Waals surface area (Å²) in [6.45, 7) is 0. The van der Waals surface area contributed by atoms with Crippen LogP contribution in [0.1, 0.15) is 0 Å². The van der Waals surface area contributed by atoms with Crippen molar-refractivity contribution in [2.45, 2.75) is 0 Å². The summed E-state index contributed by atoms with van der Waals surface area (Å²) in [5.41, 5.74) is 14.4. The summed E-state index contributed by atoms with van der Waals surface area (Å²) < 4.78 is 7.53. The molecule has 0 aliphatic carbocycles. The lowest BCUT2D eigenvalue weighted by molar-refractivity contribution is 1.18. The van der Waals surface area contributed by atoms with Crippen LogP contribution in [0.5, 0.6) is 0 Å². The van der Waals surface area contributed by atoms with Crippen molar-refractivity contribution < 1.29 is 0 Å². The minimum Gasteiger partial charge on any atom is -0.309 e. The smallest absolute Gasteiger partial charge is 0.0634 e. The number of hydrogen-bond acceptors (Lipinski definition) is 1. The fourth-order valence-corrected chi connectivity index (χ4v) is 10.2. The van der Waals surface area contributed by atoms with E-state index in [0.29, 0.717) is 0 Å². The van der Waals surface area contributed by atoms with E-state index in [9.17, 15) is 0 Å². The Labute approximate surface area is 333 Å². The Bertz CT molecular complexity index is 3440. The molecule has 0 saturated heterocycles. The Hall–Kier alpha value is -7.20. The van der Waals surface area contributed by atoms with Crippen molar-refractivity contribution in [2.24, 2.45) is 0 Å². The van der Waals surface area contributed by atoms with Gasteiger partial charge in [-0.25, -0.2) is 0 Å². The number of benzene rings is 9. The molecule has 3 heteroatoms. The third-order valence-corrected chi connectivity index (χ3v) is 12.9. The molecule has 0 radical (unpaired) electrons. The van der Waals surface area contributed by atoms with Gasteiger partial charge in [0.2, 0.25) is 0 Å². The number of aromatic nitrogens is 2. The van der Waals surface area contributed by atoms with E-state index in [-0.39, 0.29) is 0 Å². The van der Waals surface area contributed by atoms with Gasteiger partial charge in [0.1, 0.15) is 0 Å². The maximum atomic E-state index is 2.47. The molecular weight excluding hydrogens is 709 g/mol. The molecular formula is C54H34N2S. The molecule has 0 unspecified atom stereocenters. The van der Waals surface area contributed by atoms with Crippen LogP contribution in [0.15, 0.2) is 206 Å². The maximum absolute atomic E-state index is 2.47. The van der Waals surface area contributed by atoms with Gasteiger partial charge in [0.25, 0.3) is 0 Å². The monoisotopic (exact) mass is 742 g/mol. The SMILES string of the molecule is c1ccc(-c2cc(-c3ccc(-c4ccc(-n5c6ccccc6c6ccc7sc8ccccc8c7c65)cc4)cc3)cc(-n3c4ccccc4c4ccccc43)c2)cc1. The molecule has 0 N–H and O–H groups in total. The highest BCUT2D eigenvalue weighted by molar-refractivity contribution is 7.26. The Kier molecular flexibility index (Phi) is 7.13. The first kappa shape index (κ1) is 32.1. The first-order chi connectivity index (χ1) is 28.3. The van der Waals surface area contributed by atoms with Crippen LogP contribution in [-0.4, -0.2) is 9.13 Å². The predicted molar refractivity (Wildman–Crippen MR) is 244 cm³/mol. The zero-order chi connectivity index (χ0) is 37.5. The van der Waals surface area contributed by atoms with Crippen molar-refractivity contribution in [3.05, 3.63) is 206 Å². The van der Waals surface area contributed by atoms with Gasteiger partial charge in [-0.3, -0.25) is 0 Å². The van der Waals surface area contributed by atoms with Crippen molar-refractivity contribution >= 4 is 75.1 Å². The molecule has 9 aromatic carbocycles. The number of fused-ring (bicyclic) bond motifs is 10. The molecule has 0 atom stereocenters. The molecule has 0 fully saturated rings. The number of hydrogen-bond donors (Lipinski definition) is 0. The van der Waals surface area contributed by atoms with Crippen LogP contribution in [0.4, 0.5) is 0 Å². The molecule has 0 amide bonds. The first-order valence-corrected chi connectivity index (χ1v) is 20.3. The molecule has 3 aromatic heterocycles. The fraction of sp³-hybridized carbons (Fsp3) is 0. The van der Waals surface area contributed by atoms with Crippen LogP contribution in [0.25, 0.3) is 109 Å². The maximum Gasteiger partial charge on any atom is 0.0634 e. The first-order valence-electron chi connectivity index (χ1n) is 19.5. The van der Waals surface area contributed by atoms with Gasteiger partial charge in [-0.2, -0.15) is 0 Å². The quantitative estimate of drug-likeness (QED) is 0.166. The van der Waals surface area contributed by atoms with Crippen molar-refractivity contribution in [1.29, 1.82) is 0 Å². The lowest BCUT2D eigenvalue weighted by Crippen LogP contribution is -1.96. The molecule has 0 saturated carbocycles. The van der Waals surface area contributed by atoms with Gasteiger partial charge in [-0.05, 0) is 94.0 Å². The number of para-hydroxylation sites is 3. The van der Waals surface area contributed by atoms with Crippen molar-refractivity contribution in [2.75, 3.05) is 0 Å². The van der Waals surface area contributed by atoms with E-state index >= 15 is 0 Å². The summed E-state index contributed by atoms with van der Waals surface area (Å²) in [7, 11) is 0. The lowest BCUT2D eigenvalue weighted by Gasteiger charge is -2.14. The normalized spacial score (nSPS) is 11.9. The fourth-order valence-electron chi connectivity index (χ4n) is 9.10. The van der Waals surface area contributed by atoms with Gasteiger partial charge in [0, 0.05) is 53.1 Å². The molecule has 0 aliphatic rings. The third-order valence-electron chi connectivity index (χ3n) is 11.7. The summed E-state index contributed by atoms with van der Waals surface area (Å²) in [4.78, 5) is 0. The Morgan fingerprint density at radius 1 is 0.281 bits per heavy atom. The molecule has 0 bridgehead atoms. The van der Waals surface area contributed by atoms with Crippen LogP contribution in [0, 0.1) is 0 Å². The summed E-state index contributed by atoms with van der Waals surface area (Å²) in [6, 6.07) is 75.6. The van der Waals surface area contributed by atoms with E-state index in [2.05, 4.69) is 215 Å². The Morgan fingerprint density at radius 2 is 0.754 bits per heavy atom. The number of thiophene rings is 1.